The van der Waals surface area contributed by atoms with Crippen LogP contribution in [0.25, 0.3) is 0 Å². The Kier molecular flexibility index (Phi) is 5.73. The largest absolute Gasteiger partial charge is 0.376 e. The van der Waals surface area contributed by atoms with Gasteiger partial charge in [-0.05, 0) is 36.4 Å². The predicted molar refractivity (Wildman–Crippen MR) is 97.6 cm³/mol. The van der Waals surface area contributed by atoms with Crippen molar-refractivity contribution in [3.63, 3.8) is 0 Å². The lowest BCUT2D eigenvalue weighted by molar-refractivity contribution is -0.116. The SMILES string of the molecule is CC(=O)N(C)c1ccc(NC(=O)CNc2ccccc2C(N)=O)cc1. The molecule has 0 heterocycles. The standard InChI is InChI=1S/C18H20N4O3/c1-12(23)22(2)14-9-7-13(8-10-14)21-17(24)11-20-16-6-4-3-5-15(16)18(19)25/h3-10,20H,11H2,1-2H3,(H2,19,25)(H,21,24). The van der Waals surface area contributed by atoms with E-state index in [4.69, 9.17) is 5.73 Å². The normalized spacial score (nSPS) is 10.0. The van der Waals surface area contributed by atoms with Gasteiger partial charge in [0.15, 0.2) is 0 Å². The number of nitrogens with one attached hydrogen (secondary N) is 2. The molecule has 130 valence electrons. The maximum absolute atomic E-state index is 12.0. The second-order valence-electron chi connectivity index (χ2n) is 5.44. The lowest BCUT2D eigenvalue weighted by Crippen LogP contribution is -2.24. The average molecular weight is 340 g/mol. The van der Waals surface area contributed by atoms with Gasteiger partial charge in [0.2, 0.25) is 11.8 Å². The van der Waals surface area contributed by atoms with Crippen LogP contribution in [0.2, 0.25) is 0 Å². The molecule has 2 rings (SSSR count). The van der Waals surface area contributed by atoms with Crippen LogP contribution >= 0.6 is 0 Å². The fourth-order valence-electron chi connectivity index (χ4n) is 2.18. The van der Waals surface area contributed by atoms with Crippen molar-refractivity contribution >= 4 is 34.8 Å². The molecule has 0 unspecified atom stereocenters. The molecule has 4 N–H and O–H groups in total. The van der Waals surface area contributed by atoms with Crippen molar-refractivity contribution in [1.29, 1.82) is 0 Å². The summed E-state index contributed by atoms with van der Waals surface area (Å²) in [6, 6.07) is 13.6. The molecule has 0 atom stereocenters. The molecule has 0 bridgehead atoms. The number of primary amides is 1. The Balaban J connectivity index is 1.95. The lowest BCUT2D eigenvalue weighted by Gasteiger charge is -2.15. The Labute approximate surface area is 145 Å². The van der Waals surface area contributed by atoms with E-state index in [1.54, 1.807) is 55.6 Å². The molecule has 0 aliphatic rings. The number of nitrogens with two attached hydrogens (primary N) is 1. The molecule has 2 aromatic rings. The van der Waals surface area contributed by atoms with Gasteiger partial charge in [-0.1, -0.05) is 12.1 Å². The highest BCUT2D eigenvalue weighted by Gasteiger charge is 2.09. The van der Waals surface area contributed by atoms with Gasteiger partial charge in [-0.2, -0.15) is 0 Å². The topological polar surface area (TPSA) is 105 Å². The van der Waals surface area contributed by atoms with Crippen LogP contribution in [-0.4, -0.2) is 31.3 Å². The van der Waals surface area contributed by atoms with E-state index in [0.29, 0.717) is 16.9 Å². The predicted octanol–water partition coefficient (Wildman–Crippen LogP) is 1.82. The number of carbonyl (C=O) groups excluding carboxylic acids is 3. The Hall–Kier alpha value is -3.35. The number of hydrogen-bond donors (Lipinski definition) is 3. The third kappa shape index (κ3) is 4.81. The minimum Gasteiger partial charge on any atom is -0.376 e. The first-order valence-corrected chi connectivity index (χ1v) is 7.65. The zero-order chi connectivity index (χ0) is 18.4. The van der Waals surface area contributed by atoms with Crippen molar-refractivity contribution in [2.24, 2.45) is 5.73 Å². The molecular formula is C18H20N4O3. The Morgan fingerprint density at radius 3 is 2.28 bits per heavy atom. The van der Waals surface area contributed by atoms with Gasteiger partial charge in [-0.25, -0.2) is 0 Å². The summed E-state index contributed by atoms with van der Waals surface area (Å²) >= 11 is 0. The van der Waals surface area contributed by atoms with E-state index in [1.165, 1.54) is 11.8 Å². The van der Waals surface area contributed by atoms with E-state index in [-0.39, 0.29) is 18.4 Å². The monoisotopic (exact) mass is 340 g/mol. The van der Waals surface area contributed by atoms with Crippen molar-refractivity contribution in [3.05, 3.63) is 54.1 Å². The van der Waals surface area contributed by atoms with Gasteiger partial charge in [-0.15, -0.1) is 0 Å². The number of nitrogens with zero attached hydrogens (tertiary/aromatic N) is 1. The van der Waals surface area contributed by atoms with Crippen LogP contribution in [0.5, 0.6) is 0 Å². The van der Waals surface area contributed by atoms with Gasteiger partial charge < -0.3 is 21.3 Å². The molecular weight excluding hydrogens is 320 g/mol. The molecule has 7 nitrogen and oxygen atoms in total. The maximum Gasteiger partial charge on any atom is 0.250 e. The first-order valence-electron chi connectivity index (χ1n) is 7.65. The first-order chi connectivity index (χ1) is 11.9. The van der Waals surface area contributed by atoms with Crippen LogP contribution in [0.1, 0.15) is 17.3 Å². The highest BCUT2D eigenvalue weighted by atomic mass is 16.2. The fourth-order valence-corrected chi connectivity index (χ4v) is 2.18. The number of para-hydroxylation sites is 1. The molecule has 7 heteroatoms. The second kappa shape index (κ2) is 7.96. The number of anilines is 3. The number of benzene rings is 2. The summed E-state index contributed by atoms with van der Waals surface area (Å²) in [5, 5.41) is 5.63. The van der Waals surface area contributed by atoms with E-state index in [1.807, 2.05) is 0 Å². The quantitative estimate of drug-likeness (QED) is 0.746. The fraction of sp³-hybridized carbons (Fsp3) is 0.167. The van der Waals surface area contributed by atoms with Gasteiger partial charge in [-0.3, -0.25) is 14.4 Å². The summed E-state index contributed by atoms with van der Waals surface area (Å²) in [5.41, 5.74) is 7.47. The smallest absolute Gasteiger partial charge is 0.250 e. The van der Waals surface area contributed by atoms with E-state index < -0.39 is 5.91 Å². The lowest BCUT2D eigenvalue weighted by atomic mass is 10.1. The van der Waals surface area contributed by atoms with Gasteiger partial charge in [0.05, 0.1) is 12.1 Å². The Morgan fingerprint density at radius 1 is 1.04 bits per heavy atom. The molecule has 0 saturated heterocycles. The van der Waals surface area contributed by atoms with Crippen LogP contribution < -0.4 is 21.3 Å². The van der Waals surface area contributed by atoms with Gasteiger partial charge in [0.1, 0.15) is 0 Å². The van der Waals surface area contributed by atoms with Crippen molar-refractivity contribution in [2.75, 3.05) is 29.1 Å². The van der Waals surface area contributed by atoms with E-state index >= 15 is 0 Å². The summed E-state index contributed by atoms with van der Waals surface area (Å²) < 4.78 is 0. The molecule has 0 aliphatic carbocycles. The molecule has 0 fully saturated rings. The number of hydrogen-bond acceptors (Lipinski definition) is 4. The average Bonchev–Trinajstić information content (AvgIpc) is 2.60. The van der Waals surface area contributed by atoms with Crippen LogP contribution in [0.15, 0.2) is 48.5 Å². The summed E-state index contributed by atoms with van der Waals surface area (Å²) in [4.78, 5) is 36.2. The van der Waals surface area contributed by atoms with Gasteiger partial charge in [0, 0.05) is 31.0 Å². The molecule has 2 aromatic carbocycles. The number of carbonyl (C=O) groups is 3. The summed E-state index contributed by atoms with van der Waals surface area (Å²) in [7, 11) is 1.68. The van der Waals surface area contributed by atoms with E-state index in [9.17, 15) is 14.4 Å². The molecule has 25 heavy (non-hydrogen) atoms. The molecule has 3 amide bonds. The van der Waals surface area contributed by atoms with Crippen molar-refractivity contribution in [3.8, 4) is 0 Å². The third-order valence-corrected chi connectivity index (χ3v) is 3.64. The minimum atomic E-state index is -0.561. The number of rotatable bonds is 6. The minimum absolute atomic E-state index is 0.0145. The zero-order valence-electron chi connectivity index (χ0n) is 14.1. The summed E-state index contributed by atoms with van der Waals surface area (Å²) in [5.74, 6) is -0.908. The van der Waals surface area contributed by atoms with Crippen LogP contribution in [0.3, 0.4) is 0 Å². The third-order valence-electron chi connectivity index (χ3n) is 3.64. The van der Waals surface area contributed by atoms with Gasteiger partial charge >= 0.3 is 0 Å². The highest BCUT2D eigenvalue weighted by Crippen LogP contribution is 2.17. The second-order valence-corrected chi connectivity index (χ2v) is 5.44. The molecule has 0 saturated carbocycles. The molecule has 0 aromatic heterocycles. The van der Waals surface area contributed by atoms with Crippen molar-refractivity contribution in [1.82, 2.24) is 0 Å². The van der Waals surface area contributed by atoms with Crippen LogP contribution in [-0.2, 0) is 9.59 Å². The van der Waals surface area contributed by atoms with E-state index in [0.717, 1.165) is 5.69 Å². The maximum atomic E-state index is 12.0. The summed E-state index contributed by atoms with van der Waals surface area (Å²) in [6.45, 7) is 1.46. The van der Waals surface area contributed by atoms with E-state index in [2.05, 4.69) is 10.6 Å². The summed E-state index contributed by atoms with van der Waals surface area (Å²) in [6.07, 6.45) is 0. The van der Waals surface area contributed by atoms with Crippen LogP contribution in [0, 0.1) is 0 Å². The Morgan fingerprint density at radius 2 is 1.68 bits per heavy atom. The molecule has 0 radical (unpaired) electrons. The van der Waals surface area contributed by atoms with Crippen molar-refractivity contribution in [2.45, 2.75) is 6.92 Å². The Bertz CT molecular complexity index is 787. The van der Waals surface area contributed by atoms with Crippen LogP contribution in [0.4, 0.5) is 17.1 Å². The first kappa shape index (κ1) is 18.0. The zero-order valence-corrected chi connectivity index (χ0v) is 14.1. The molecule has 0 aliphatic heterocycles. The van der Waals surface area contributed by atoms with Crippen molar-refractivity contribution < 1.29 is 14.4 Å². The molecule has 0 spiro atoms. The highest BCUT2D eigenvalue weighted by molar-refractivity contribution is 6.00. The number of amides is 3. The van der Waals surface area contributed by atoms with Gasteiger partial charge in [0.25, 0.3) is 5.91 Å².